The summed E-state index contributed by atoms with van der Waals surface area (Å²) < 4.78 is 5.95. The van der Waals surface area contributed by atoms with E-state index < -0.39 is 11.9 Å². The zero-order valence-corrected chi connectivity index (χ0v) is 20.1. The first-order valence-corrected chi connectivity index (χ1v) is 11.6. The van der Waals surface area contributed by atoms with Gasteiger partial charge >= 0.3 is 0 Å². The third kappa shape index (κ3) is 3.39. The SMILES string of the molecule is CC(=O)c1sc(N2C(=O)c3oc4ccc(C)cc4c(=O)c3C2c2ccc(Cl)c(Cl)c2)nc1C. The van der Waals surface area contributed by atoms with Crippen LogP contribution in [0.25, 0.3) is 11.0 Å². The lowest BCUT2D eigenvalue weighted by molar-refractivity contribution is 0.0969. The number of ketones is 1. The number of hydrogen-bond acceptors (Lipinski definition) is 6. The van der Waals surface area contributed by atoms with E-state index in [-0.39, 0.29) is 27.6 Å². The molecule has 0 radical (unpaired) electrons. The van der Waals surface area contributed by atoms with E-state index in [4.69, 9.17) is 27.6 Å². The van der Waals surface area contributed by atoms with Crippen molar-refractivity contribution >= 4 is 62.3 Å². The number of fused-ring (bicyclic) bond motifs is 2. The van der Waals surface area contributed by atoms with Gasteiger partial charge < -0.3 is 4.42 Å². The van der Waals surface area contributed by atoms with Crippen LogP contribution in [0.1, 0.15) is 55.6 Å². The van der Waals surface area contributed by atoms with Crippen molar-refractivity contribution in [2.24, 2.45) is 0 Å². The molecule has 6 nitrogen and oxygen atoms in total. The van der Waals surface area contributed by atoms with Gasteiger partial charge in [-0.25, -0.2) is 4.98 Å². The second-order valence-corrected chi connectivity index (χ2v) is 9.68. The van der Waals surface area contributed by atoms with Crippen LogP contribution in [0.2, 0.25) is 10.0 Å². The lowest BCUT2D eigenvalue weighted by atomic mass is 9.98. The van der Waals surface area contributed by atoms with E-state index in [2.05, 4.69) is 4.98 Å². The number of carbonyl (C=O) groups is 2. The molecule has 1 unspecified atom stereocenters. The predicted molar refractivity (Wildman–Crippen MR) is 129 cm³/mol. The van der Waals surface area contributed by atoms with Crippen LogP contribution in [0, 0.1) is 13.8 Å². The molecule has 5 rings (SSSR count). The van der Waals surface area contributed by atoms with Crippen LogP contribution in [0.15, 0.2) is 45.6 Å². The summed E-state index contributed by atoms with van der Waals surface area (Å²) in [6, 6.07) is 9.33. The van der Waals surface area contributed by atoms with Crippen LogP contribution in [0.5, 0.6) is 0 Å². The monoisotopic (exact) mass is 498 g/mol. The van der Waals surface area contributed by atoms with E-state index in [1.54, 1.807) is 37.3 Å². The summed E-state index contributed by atoms with van der Waals surface area (Å²) in [6.07, 6.45) is 0. The molecule has 2 aromatic carbocycles. The third-order valence-corrected chi connectivity index (χ3v) is 7.59. The Balaban J connectivity index is 1.82. The van der Waals surface area contributed by atoms with Crippen molar-refractivity contribution in [2.75, 3.05) is 4.90 Å². The van der Waals surface area contributed by atoms with Gasteiger partial charge in [0.25, 0.3) is 5.91 Å². The molecule has 33 heavy (non-hydrogen) atoms. The van der Waals surface area contributed by atoms with E-state index >= 15 is 0 Å². The minimum atomic E-state index is -0.839. The van der Waals surface area contributed by atoms with Crippen molar-refractivity contribution in [1.82, 2.24) is 4.98 Å². The fourth-order valence-electron chi connectivity index (χ4n) is 4.09. The Morgan fingerprint density at radius 3 is 2.52 bits per heavy atom. The van der Waals surface area contributed by atoms with Gasteiger partial charge in [-0.3, -0.25) is 19.3 Å². The highest BCUT2D eigenvalue weighted by Crippen LogP contribution is 2.44. The molecule has 1 atom stereocenters. The van der Waals surface area contributed by atoms with Crippen LogP contribution in [-0.4, -0.2) is 16.7 Å². The van der Waals surface area contributed by atoms with E-state index in [1.807, 2.05) is 13.0 Å². The minimum Gasteiger partial charge on any atom is -0.450 e. The molecular formula is C24H16Cl2N2O4S. The summed E-state index contributed by atoms with van der Waals surface area (Å²) in [5, 5.41) is 1.32. The average molecular weight is 499 g/mol. The summed E-state index contributed by atoms with van der Waals surface area (Å²) in [6.45, 7) is 5.03. The molecule has 1 aliphatic heterocycles. The smallest absolute Gasteiger partial charge is 0.297 e. The van der Waals surface area contributed by atoms with Gasteiger partial charge in [0, 0.05) is 6.92 Å². The molecule has 0 spiro atoms. The van der Waals surface area contributed by atoms with Crippen LogP contribution in [-0.2, 0) is 0 Å². The summed E-state index contributed by atoms with van der Waals surface area (Å²) in [4.78, 5) is 45.6. The highest BCUT2D eigenvalue weighted by Gasteiger charge is 2.45. The Bertz CT molecular complexity index is 1560. The maximum atomic E-state index is 13.6. The van der Waals surface area contributed by atoms with Crippen LogP contribution >= 0.6 is 34.5 Å². The normalized spacial score (nSPS) is 15.4. The standard InChI is InChI=1S/C24H16Cl2N2O4S/c1-10-4-7-17-14(8-10)20(30)18-19(13-5-6-15(25)16(26)9-13)28(23(31)21(18)32-17)24-27-11(2)22(33-24)12(3)29/h4-9,19H,1-3H3. The van der Waals surface area contributed by atoms with Crippen molar-refractivity contribution in [3.8, 4) is 0 Å². The van der Waals surface area contributed by atoms with Gasteiger partial charge in [-0.2, -0.15) is 0 Å². The Hall–Kier alpha value is -3.00. The fraction of sp³-hybridized carbons (Fsp3) is 0.167. The number of thiazole rings is 1. The van der Waals surface area contributed by atoms with Gasteiger partial charge in [0.05, 0.1) is 37.6 Å². The molecular weight excluding hydrogens is 483 g/mol. The van der Waals surface area contributed by atoms with Crippen LogP contribution < -0.4 is 10.3 Å². The number of hydrogen-bond donors (Lipinski definition) is 0. The Morgan fingerprint density at radius 2 is 1.85 bits per heavy atom. The maximum absolute atomic E-state index is 13.6. The summed E-state index contributed by atoms with van der Waals surface area (Å²) in [5.74, 6) is -0.712. The lowest BCUT2D eigenvalue weighted by Gasteiger charge is -2.22. The number of aromatic nitrogens is 1. The van der Waals surface area contributed by atoms with Crippen LogP contribution in [0.3, 0.4) is 0 Å². The zero-order valence-electron chi connectivity index (χ0n) is 17.7. The molecule has 1 amide bonds. The Labute approximate surface area is 202 Å². The second-order valence-electron chi connectivity index (χ2n) is 7.89. The largest absolute Gasteiger partial charge is 0.450 e. The first kappa shape index (κ1) is 21.8. The Kier molecular flexibility index (Phi) is 5.16. The number of benzene rings is 2. The van der Waals surface area contributed by atoms with E-state index in [0.29, 0.717) is 37.3 Å². The molecule has 1 aliphatic rings. The molecule has 0 aliphatic carbocycles. The predicted octanol–water partition coefficient (Wildman–Crippen LogP) is 6.13. The number of halogens is 2. The summed E-state index contributed by atoms with van der Waals surface area (Å²) in [7, 11) is 0. The first-order valence-electron chi connectivity index (χ1n) is 10.0. The number of rotatable bonds is 3. The summed E-state index contributed by atoms with van der Waals surface area (Å²) >= 11 is 13.5. The van der Waals surface area contributed by atoms with Gasteiger partial charge in [0.15, 0.2) is 16.3 Å². The quantitative estimate of drug-likeness (QED) is 0.317. The van der Waals surface area contributed by atoms with Gasteiger partial charge in [-0.15, -0.1) is 0 Å². The molecule has 166 valence electrons. The number of Topliss-reactive ketones (excluding diaryl/α,β-unsaturated/α-hetero) is 1. The van der Waals surface area contributed by atoms with Gasteiger partial charge in [0.2, 0.25) is 5.76 Å². The van der Waals surface area contributed by atoms with Crippen LogP contribution in [0.4, 0.5) is 5.13 Å². The number of anilines is 1. The molecule has 0 saturated carbocycles. The molecule has 9 heteroatoms. The fourth-order valence-corrected chi connectivity index (χ4v) is 5.39. The number of nitrogens with zero attached hydrogens (tertiary/aromatic N) is 2. The minimum absolute atomic E-state index is 0.0512. The van der Waals surface area contributed by atoms with Crippen molar-refractivity contribution in [1.29, 1.82) is 0 Å². The third-order valence-electron chi connectivity index (χ3n) is 5.60. The molecule has 3 heterocycles. The highest BCUT2D eigenvalue weighted by atomic mass is 35.5. The lowest BCUT2D eigenvalue weighted by Crippen LogP contribution is -2.29. The molecule has 0 bridgehead atoms. The second kappa shape index (κ2) is 7.80. The average Bonchev–Trinajstić information content (AvgIpc) is 3.28. The van der Waals surface area contributed by atoms with Crippen molar-refractivity contribution < 1.29 is 14.0 Å². The van der Waals surface area contributed by atoms with Gasteiger partial charge in [-0.05, 0) is 43.7 Å². The molecule has 4 aromatic rings. The highest BCUT2D eigenvalue weighted by molar-refractivity contribution is 7.17. The van der Waals surface area contributed by atoms with Gasteiger partial charge in [0.1, 0.15) is 5.58 Å². The van der Waals surface area contributed by atoms with Crippen molar-refractivity contribution in [3.05, 3.63) is 89.7 Å². The molecule has 2 aromatic heterocycles. The van der Waals surface area contributed by atoms with E-state index in [1.165, 1.54) is 11.8 Å². The number of carbonyl (C=O) groups excluding carboxylic acids is 2. The molecule has 0 N–H and O–H groups in total. The number of amides is 1. The van der Waals surface area contributed by atoms with Crippen molar-refractivity contribution in [3.63, 3.8) is 0 Å². The Morgan fingerprint density at radius 1 is 1.09 bits per heavy atom. The van der Waals surface area contributed by atoms with Crippen molar-refractivity contribution in [2.45, 2.75) is 26.8 Å². The zero-order chi connectivity index (χ0) is 23.6. The molecule has 0 saturated heterocycles. The van der Waals surface area contributed by atoms with Gasteiger partial charge in [-0.1, -0.05) is 52.2 Å². The van der Waals surface area contributed by atoms with E-state index in [9.17, 15) is 14.4 Å². The summed E-state index contributed by atoms with van der Waals surface area (Å²) in [5.41, 5.74) is 2.21. The molecule has 0 fully saturated rings. The topological polar surface area (TPSA) is 80.5 Å². The number of aryl methyl sites for hydroxylation is 2. The first-order chi connectivity index (χ1) is 15.7. The maximum Gasteiger partial charge on any atom is 0.297 e. The van der Waals surface area contributed by atoms with E-state index in [0.717, 1.165) is 16.9 Å².